The van der Waals surface area contributed by atoms with Gasteiger partial charge in [-0.25, -0.2) is 0 Å². The summed E-state index contributed by atoms with van der Waals surface area (Å²) < 4.78 is 8.64. The zero-order chi connectivity index (χ0) is 28.5. The number of rotatable bonds is 4. The van der Waals surface area contributed by atoms with Crippen LogP contribution in [0.3, 0.4) is 0 Å². The molecule has 2 unspecified atom stereocenters. The molecular weight excluding hydrogens is 659 g/mol. The van der Waals surface area contributed by atoms with Crippen LogP contribution in [0.15, 0.2) is 84.9 Å². The minimum atomic E-state index is -3.84. The minimum absolute atomic E-state index is 0.536. The van der Waals surface area contributed by atoms with Crippen LogP contribution in [0, 0.1) is 27.7 Å². The Morgan fingerprint density at radius 1 is 0.561 bits per heavy atom. The van der Waals surface area contributed by atoms with E-state index >= 15 is 0 Å². The predicted molar refractivity (Wildman–Crippen MR) is 177 cm³/mol. The molecule has 0 heterocycles. The van der Waals surface area contributed by atoms with Crippen molar-refractivity contribution in [1.82, 2.24) is 0 Å². The molecule has 1 heteroatoms. The predicted octanol–water partition coefficient (Wildman–Crippen LogP) is 11.2. The van der Waals surface area contributed by atoms with E-state index in [4.69, 9.17) is 0 Å². The van der Waals surface area contributed by atoms with Crippen molar-refractivity contribution in [3.05, 3.63) is 129 Å². The fourth-order valence-corrected chi connectivity index (χ4v) is 33.9. The topological polar surface area (TPSA) is 0 Å². The molecule has 0 bridgehead atoms. The van der Waals surface area contributed by atoms with Gasteiger partial charge in [-0.3, -0.25) is 0 Å². The van der Waals surface area contributed by atoms with Crippen LogP contribution in [-0.2, 0) is 18.0 Å². The number of hydrogen-bond donors (Lipinski definition) is 0. The van der Waals surface area contributed by atoms with E-state index in [0.717, 1.165) is 0 Å². The van der Waals surface area contributed by atoms with Crippen LogP contribution in [0.25, 0.3) is 34.4 Å². The second kappa shape index (κ2) is 9.56. The Morgan fingerprint density at radius 3 is 1.34 bits per heavy atom. The van der Waals surface area contributed by atoms with Crippen molar-refractivity contribution in [1.29, 1.82) is 0 Å². The molecule has 0 aromatic heterocycles. The van der Waals surface area contributed by atoms with Gasteiger partial charge in [0, 0.05) is 0 Å². The van der Waals surface area contributed by atoms with Gasteiger partial charge in [0.1, 0.15) is 0 Å². The van der Waals surface area contributed by atoms with E-state index in [9.17, 15) is 0 Å². The van der Waals surface area contributed by atoms with E-state index in [-0.39, 0.29) is 0 Å². The number of aryl methyl sites for hydroxylation is 4. The first-order valence-electron chi connectivity index (χ1n) is 15.5. The summed E-state index contributed by atoms with van der Waals surface area (Å²) in [6.45, 7) is 8.88. The van der Waals surface area contributed by atoms with Crippen LogP contribution in [0.1, 0.15) is 71.1 Å². The molecule has 0 N–H and O–H groups in total. The second-order valence-electron chi connectivity index (χ2n) is 14.1. The summed E-state index contributed by atoms with van der Waals surface area (Å²) in [5.41, 5.74) is 16.9. The number of hydrogen-bond acceptors (Lipinski definition) is 0. The zero-order valence-electron chi connectivity index (χ0n) is 25.5. The van der Waals surface area contributed by atoms with Gasteiger partial charge >= 0.3 is 249 Å². The summed E-state index contributed by atoms with van der Waals surface area (Å²) in [7, 11) is 0. The number of allylic oxidation sites excluding steroid dienone is 2. The fourth-order valence-electron chi connectivity index (χ4n) is 8.76. The van der Waals surface area contributed by atoms with E-state index in [2.05, 4.69) is 134 Å². The molecule has 0 aliphatic heterocycles. The van der Waals surface area contributed by atoms with Gasteiger partial charge in [0.25, 0.3) is 0 Å². The van der Waals surface area contributed by atoms with E-state index in [1.54, 1.807) is 11.1 Å². The van der Waals surface area contributed by atoms with Gasteiger partial charge in [0.2, 0.25) is 0 Å². The van der Waals surface area contributed by atoms with Gasteiger partial charge in [-0.2, -0.15) is 0 Å². The summed E-state index contributed by atoms with van der Waals surface area (Å²) >= 11 is -3.84. The SMILES string of the molecule is Cc1cc(C)cc(-c2cccc3c2C=C[CH]3[Hf]([CH3])([CH3])(=[C]2CCC2)[CH]2C=Cc3c(-c4cc(C)cc(C)c4)cccc32)c1. The fraction of sp³-hybridized carbons (Fsp3) is 0.275. The van der Waals surface area contributed by atoms with Crippen molar-refractivity contribution in [2.45, 2.75) is 63.7 Å². The standard InChI is InChI=1S/2C17H15.C4H6.2CH3.Hf/c2*1-12-9-13(2)11-15(10-12)17-8-4-6-14-5-3-7-16(14)17;1-2-4-3-1;;;/h2*3-11H,1-2H3;1-3H2;2*1H3;. The average Bonchev–Trinajstić information content (AvgIpc) is 3.52. The van der Waals surface area contributed by atoms with E-state index in [1.807, 2.05) is 3.26 Å². The molecule has 2 atom stereocenters. The van der Waals surface area contributed by atoms with Crippen molar-refractivity contribution in [2.75, 3.05) is 0 Å². The van der Waals surface area contributed by atoms with Gasteiger partial charge in [-0.05, 0) is 0 Å². The first-order valence-corrected chi connectivity index (χ1v) is 28.6. The Hall–Kier alpha value is -2.90. The molecule has 206 valence electrons. The molecule has 3 aliphatic carbocycles. The summed E-state index contributed by atoms with van der Waals surface area (Å²) in [5, 5.41) is 0. The van der Waals surface area contributed by atoms with E-state index < -0.39 is 18.0 Å². The molecule has 0 amide bonds. The Morgan fingerprint density at radius 2 is 0.976 bits per heavy atom. The molecule has 0 saturated heterocycles. The maximum atomic E-state index is 2.81. The van der Waals surface area contributed by atoms with Crippen molar-refractivity contribution < 1.29 is 18.0 Å². The van der Waals surface area contributed by atoms with Crippen molar-refractivity contribution in [2.24, 2.45) is 0 Å². The second-order valence-corrected chi connectivity index (χ2v) is 39.9. The third kappa shape index (κ3) is 4.14. The molecule has 1 saturated carbocycles. The van der Waals surface area contributed by atoms with Crippen molar-refractivity contribution in [3.63, 3.8) is 0 Å². The first kappa shape index (κ1) is 27.0. The van der Waals surface area contributed by atoms with Crippen LogP contribution >= 0.6 is 0 Å². The first-order chi connectivity index (χ1) is 19.6. The normalized spacial score (nSPS) is 19.3. The van der Waals surface area contributed by atoms with E-state index in [0.29, 0.717) is 7.35 Å². The van der Waals surface area contributed by atoms with Crippen LogP contribution in [0.4, 0.5) is 0 Å². The molecule has 3 aliphatic rings. The average molecular weight is 701 g/mol. The Bertz CT molecular complexity index is 1700. The monoisotopic (exact) mass is 702 g/mol. The zero-order valence-corrected chi connectivity index (χ0v) is 29.1. The van der Waals surface area contributed by atoms with Crippen LogP contribution in [-0.4, -0.2) is 3.26 Å². The van der Waals surface area contributed by atoms with Gasteiger partial charge in [0.05, 0.1) is 0 Å². The number of fused-ring (bicyclic) bond motifs is 2. The maximum absolute atomic E-state index is 3.84. The summed E-state index contributed by atoms with van der Waals surface area (Å²) in [5.74, 6) is 0. The van der Waals surface area contributed by atoms with E-state index in [1.165, 1.54) is 74.9 Å². The Kier molecular flexibility index (Phi) is 6.29. The molecule has 0 radical (unpaired) electrons. The van der Waals surface area contributed by atoms with Gasteiger partial charge < -0.3 is 0 Å². The summed E-state index contributed by atoms with van der Waals surface area (Å²) in [6.07, 6.45) is 14.3. The van der Waals surface area contributed by atoms with Crippen LogP contribution in [0.5, 0.6) is 0 Å². The van der Waals surface area contributed by atoms with Crippen molar-refractivity contribution >= 4 is 15.4 Å². The molecule has 41 heavy (non-hydrogen) atoms. The molecule has 4 aromatic rings. The molecule has 1 fully saturated rings. The quantitative estimate of drug-likeness (QED) is 0.186. The summed E-state index contributed by atoms with van der Waals surface area (Å²) in [4.78, 5) is 0. The molecule has 0 spiro atoms. The number of benzene rings is 4. The molecule has 7 rings (SSSR count). The third-order valence-corrected chi connectivity index (χ3v) is 38.1. The van der Waals surface area contributed by atoms with Gasteiger partial charge in [-0.15, -0.1) is 0 Å². The van der Waals surface area contributed by atoms with Crippen LogP contribution < -0.4 is 0 Å². The Balaban J connectivity index is 1.40. The summed E-state index contributed by atoms with van der Waals surface area (Å²) in [6, 6.07) is 28.3. The van der Waals surface area contributed by atoms with Gasteiger partial charge in [0.15, 0.2) is 0 Å². The van der Waals surface area contributed by atoms with Crippen LogP contribution in [0.2, 0.25) is 9.36 Å². The van der Waals surface area contributed by atoms with Gasteiger partial charge in [-0.1, -0.05) is 0 Å². The Labute approximate surface area is 247 Å². The van der Waals surface area contributed by atoms with Crippen molar-refractivity contribution in [3.8, 4) is 22.3 Å². The molecule has 4 aromatic carbocycles. The molecule has 0 nitrogen and oxygen atoms in total. The molecular formula is C40H42Hf. The third-order valence-electron chi connectivity index (χ3n) is 10.9.